The Labute approximate surface area is 114 Å². The van der Waals surface area contributed by atoms with Gasteiger partial charge < -0.3 is 23.6 Å². The molecular formula is C14H13NO5. The summed E-state index contributed by atoms with van der Waals surface area (Å²) in [6.07, 6.45) is 2.98. The third kappa shape index (κ3) is 2.16. The van der Waals surface area contributed by atoms with Gasteiger partial charge in [-0.1, -0.05) is 6.92 Å². The lowest BCUT2D eigenvalue weighted by Crippen LogP contribution is -2.20. The maximum Gasteiger partial charge on any atom is 0.355 e. The average Bonchev–Trinajstić information content (AvgIpc) is 3.10. The van der Waals surface area contributed by atoms with Gasteiger partial charge in [0.1, 0.15) is 12.0 Å². The Bertz CT molecular complexity index is 665. The average molecular weight is 275 g/mol. The van der Waals surface area contributed by atoms with E-state index in [2.05, 4.69) is 11.6 Å². The first-order valence-electron chi connectivity index (χ1n) is 6.18. The molecule has 2 aromatic rings. The summed E-state index contributed by atoms with van der Waals surface area (Å²) >= 11 is 0. The van der Waals surface area contributed by atoms with Crippen LogP contribution in [-0.2, 0) is 14.2 Å². The van der Waals surface area contributed by atoms with Crippen LogP contribution in [0.15, 0.2) is 47.4 Å². The lowest BCUT2D eigenvalue weighted by atomic mass is 10.2. The molecule has 0 radical (unpaired) electrons. The van der Waals surface area contributed by atoms with Crippen molar-refractivity contribution in [3.8, 4) is 0 Å². The van der Waals surface area contributed by atoms with Crippen LogP contribution < -0.4 is 0 Å². The van der Waals surface area contributed by atoms with Crippen LogP contribution in [0.2, 0.25) is 0 Å². The molecule has 3 rings (SSSR count). The van der Waals surface area contributed by atoms with Crippen LogP contribution in [0.3, 0.4) is 0 Å². The van der Waals surface area contributed by atoms with E-state index in [0.717, 1.165) is 5.52 Å². The molecule has 0 aliphatic carbocycles. The van der Waals surface area contributed by atoms with Crippen molar-refractivity contribution in [1.82, 2.24) is 4.98 Å². The highest BCUT2D eigenvalue weighted by Crippen LogP contribution is 2.24. The van der Waals surface area contributed by atoms with Gasteiger partial charge in [0.25, 0.3) is 5.95 Å². The van der Waals surface area contributed by atoms with Crippen molar-refractivity contribution >= 4 is 17.1 Å². The van der Waals surface area contributed by atoms with E-state index in [1.807, 2.05) is 6.92 Å². The largest absolute Gasteiger partial charge is 0.463 e. The number of aromatic amines is 1. The van der Waals surface area contributed by atoms with Crippen molar-refractivity contribution in [3.63, 3.8) is 0 Å². The van der Waals surface area contributed by atoms with Crippen LogP contribution >= 0.6 is 0 Å². The molecule has 2 aromatic heterocycles. The van der Waals surface area contributed by atoms with Crippen molar-refractivity contribution in [2.45, 2.75) is 19.4 Å². The number of hydrogen-bond donors (Lipinski definition) is 1. The standard InChI is InChI=1S/C14H13NO5/c1-3-11(13-7-18-8(2)19-13)20-14(16)10-6-12-9(15-10)4-5-17-12/h4-7,11,15H,2-3H2,1H3. The zero-order valence-corrected chi connectivity index (χ0v) is 10.8. The number of hydrogen-bond acceptors (Lipinski definition) is 5. The molecule has 3 heterocycles. The van der Waals surface area contributed by atoms with Crippen molar-refractivity contribution in [1.29, 1.82) is 0 Å². The fourth-order valence-electron chi connectivity index (χ4n) is 1.94. The van der Waals surface area contributed by atoms with Gasteiger partial charge in [-0.3, -0.25) is 0 Å². The maximum atomic E-state index is 12.1. The number of esters is 1. The van der Waals surface area contributed by atoms with Crippen molar-refractivity contribution in [2.24, 2.45) is 0 Å². The first-order valence-corrected chi connectivity index (χ1v) is 6.18. The Hall–Kier alpha value is -2.63. The molecule has 6 heteroatoms. The highest BCUT2D eigenvalue weighted by molar-refractivity contribution is 5.93. The molecule has 0 bridgehead atoms. The summed E-state index contributed by atoms with van der Waals surface area (Å²) in [5, 5.41) is 0. The third-order valence-electron chi connectivity index (χ3n) is 2.94. The molecule has 6 nitrogen and oxygen atoms in total. The number of fused-ring (bicyclic) bond motifs is 1. The molecule has 1 atom stereocenters. The Morgan fingerprint density at radius 3 is 3.05 bits per heavy atom. The van der Waals surface area contributed by atoms with Gasteiger partial charge in [-0.15, -0.1) is 0 Å². The number of aromatic nitrogens is 1. The van der Waals surface area contributed by atoms with E-state index in [-0.39, 0.29) is 5.95 Å². The first kappa shape index (κ1) is 12.4. The first-order chi connectivity index (χ1) is 9.67. The van der Waals surface area contributed by atoms with Crippen molar-refractivity contribution in [2.75, 3.05) is 0 Å². The fourth-order valence-corrected chi connectivity index (χ4v) is 1.94. The van der Waals surface area contributed by atoms with Crippen LogP contribution in [-0.4, -0.2) is 17.1 Å². The lowest BCUT2D eigenvalue weighted by molar-refractivity contribution is 0.0250. The fraction of sp³-hybridized carbons (Fsp3) is 0.214. The van der Waals surface area contributed by atoms with E-state index in [0.29, 0.717) is 23.5 Å². The zero-order chi connectivity index (χ0) is 14.1. The Kier molecular flexibility index (Phi) is 2.98. The van der Waals surface area contributed by atoms with E-state index in [1.54, 1.807) is 18.4 Å². The van der Waals surface area contributed by atoms with Crippen LogP contribution in [0.4, 0.5) is 0 Å². The molecule has 0 fully saturated rings. The second kappa shape index (κ2) is 4.80. The van der Waals surface area contributed by atoms with Gasteiger partial charge in [-0.05, 0) is 13.0 Å². The Balaban J connectivity index is 1.74. The Morgan fingerprint density at radius 1 is 1.55 bits per heavy atom. The molecule has 0 saturated heterocycles. The third-order valence-corrected chi connectivity index (χ3v) is 2.94. The van der Waals surface area contributed by atoms with Crippen LogP contribution in [0.5, 0.6) is 0 Å². The normalized spacial score (nSPS) is 15.7. The lowest BCUT2D eigenvalue weighted by Gasteiger charge is -2.14. The minimum atomic E-state index is -0.517. The number of furan rings is 1. The van der Waals surface area contributed by atoms with Crippen LogP contribution in [0.1, 0.15) is 23.8 Å². The van der Waals surface area contributed by atoms with Gasteiger partial charge in [0.15, 0.2) is 17.4 Å². The number of H-pyrrole nitrogens is 1. The number of ether oxygens (including phenoxy) is 3. The summed E-state index contributed by atoms with van der Waals surface area (Å²) in [7, 11) is 0. The predicted octanol–water partition coefficient (Wildman–Crippen LogP) is 3.06. The summed E-state index contributed by atoms with van der Waals surface area (Å²) in [6.45, 7) is 5.40. The summed E-state index contributed by atoms with van der Waals surface area (Å²) in [6, 6.07) is 3.34. The number of carbonyl (C=O) groups excluding carboxylic acids is 1. The monoisotopic (exact) mass is 275 g/mol. The minimum Gasteiger partial charge on any atom is -0.463 e. The SMILES string of the molecule is C=C1OC=C(C(CC)OC(=O)c2cc3occc3[nH]2)O1. The van der Waals surface area contributed by atoms with E-state index in [9.17, 15) is 4.79 Å². The molecule has 1 aliphatic rings. The summed E-state index contributed by atoms with van der Waals surface area (Å²) in [5.41, 5.74) is 1.69. The second-order valence-electron chi connectivity index (χ2n) is 4.30. The molecule has 104 valence electrons. The molecule has 0 amide bonds. The summed E-state index contributed by atoms with van der Waals surface area (Å²) < 4.78 is 20.8. The van der Waals surface area contributed by atoms with Gasteiger partial charge in [0.2, 0.25) is 0 Å². The maximum absolute atomic E-state index is 12.1. The van der Waals surface area contributed by atoms with E-state index >= 15 is 0 Å². The highest BCUT2D eigenvalue weighted by atomic mass is 16.7. The number of carbonyl (C=O) groups is 1. The molecule has 20 heavy (non-hydrogen) atoms. The zero-order valence-electron chi connectivity index (χ0n) is 10.8. The quantitative estimate of drug-likeness (QED) is 0.868. The van der Waals surface area contributed by atoms with E-state index in [1.165, 1.54) is 6.26 Å². The van der Waals surface area contributed by atoms with Gasteiger partial charge in [-0.2, -0.15) is 0 Å². The van der Waals surface area contributed by atoms with Crippen molar-refractivity contribution in [3.05, 3.63) is 48.6 Å². The second-order valence-corrected chi connectivity index (χ2v) is 4.30. The minimum absolute atomic E-state index is 0.173. The van der Waals surface area contributed by atoms with Crippen molar-refractivity contribution < 1.29 is 23.4 Å². The van der Waals surface area contributed by atoms with E-state index in [4.69, 9.17) is 18.6 Å². The molecule has 0 saturated carbocycles. The molecule has 0 aromatic carbocycles. The number of rotatable bonds is 4. The van der Waals surface area contributed by atoms with Gasteiger partial charge >= 0.3 is 5.97 Å². The van der Waals surface area contributed by atoms with Gasteiger partial charge in [0.05, 0.1) is 11.8 Å². The molecular weight excluding hydrogens is 262 g/mol. The van der Waals surface area contributed by atoms with Gasteiger partial charge in [-0.25, -0.2) is 4.79 Å². The smallest absolute Gasteiger partial charge is 0.355 e. The van der Waals surface area contributed by atoms with E-state index < -0.39 is 12.1 Å². The highest BCUT2D eigenvalue weighted by Gasteiger charge is 2.25. The molecule has 0 spiro atoms. The summed E-state index contributed by atoms with van der Waals surface area (Å²) in [4.78, 5) is 15.0. The van der Waals surface area contributed by atoms with Crippen LogP contribution in [0.25, 0.3) is 11.1 Å². The topological polar surface area (TPSA) is 73.7 Å². The Morgan fingerprint density at radius 2 is 2.40 bits per heavy atom. The molecule has 1 N–H and O–H groups in total. The molecule has 1 unspecified atom stereocenters. The summed E-state index contributed by atoms with van der Waals surface area (Å²) in [5.74, 6) is 0.123. The number of nitrogens with one attached hydrogen (secondary N) is 1. The van der Waals surface area contributed by atoms with Crippen LogP contribution in [0, 0.1) is 0 Å². The predicted molar refractivity (Wildman–Crippen MR) is 69.5 cm³/mol. The molecule has 1 aliphatic heterocycles. The van der Waals surface area contributed by atoms with Gasteiger partial charge in [0, 0.05) is 12.1 Å².